The van der Waals surface area contributed by atoms with E-state index in [-0.39, 0.29) is 6.10 Å². The zero-order valence-electron chi connectivity index (χ0n) is 7.72. The van der Waals surface area contributed by atoms with Gasteiger partial charge in [-0.1, -0.05) is 27.8 Å². The van der Waals surface area contributed by atoms with E-state index in [9.17, 15) is 0 Å². The minimum Gasteiger partial charge on any atom is -0.391 e. The predicted octanol–water partition coefficient (Wildman–Crippen LogP) is 1.56. The first-order valence-corrected chi connectivity index (χ1v) is 4.93. The average Bonchev–Trinajstić information content (AvgIpc) is 2.04. The number of methoxy groups -OCH3 is 1. The first-order valence-electron chi connectivity index (χ1n) is 3.81. The lowest BCUT2D eigenvalue weighted by Crippen LogP contribution is -2.19. The monoisotopic (exact) mass is 234 g/mol. The molecule has 0 aromatic carbocycles. The summed E-state index contributed by atoms with van der Waals surface area (Å²) in [6, 6.07) is 0. The Morgan fingerprint density at radius 3 is 2.58 bits per heavy atom. The number of ether oxygens (including phenoxy) is 1. The van der Waals surface area contributed by atoms with Crippen LogP contribution in [-0.4, -0.2) is 29.3 Å². The van der Waals surface area contributed by atoms with Crippen molar-refractivity contribution in [2.45, 2.75) is 32.0 Å². The van der Waals surface area contributed by atoms with Gasteiger partial charge in [-0.2, -0.15) is 0 Å². The van der Waals surface area contributed by atoms with Crippen LogP contribution < -0.4 is 0 Å². The molecule has 0 spiro atoms. The molecule has 0 aliphatic carbocycles. The number of rotatable bonds is 3. The van der Waals surface area contributed by atoms with Crippen LogP contribution in [0.15, 0.2) is 0 Å². The molecule has 0 radical (unpaired) electrons. The third-order valence-electron chi connectivity index (χ3n) is 1.42. The maximum absolute atomic E-state index is 9.14. The molecule has 0 aliphatic heterocycles. The van der Waals surface area contributed by atoms with Gasteiger partial charge in [-0.3, -0.25) is 0 Å². The Labute approximate surface area is 82.4 Å². The van der Waals surface area contributed by atoms with E-state index in [4.69, 9.17) is 9.84 Å². The highest BCUT2D eigenvalue weighted by molar-refractivity contribution is 9.09. The molecule has 0 saturated carbocycles. The Morgan fingerprint density at radius 2 is 2.17 bits per heavy atom. The molecule has 0 fully saturated rings. The van der Waals surface area contributed by atoms with Crippen LogP contribution >= 0.6 is 15.9 Å². The lowest BCUT2D eigenvalue weighted by atomic mass is 10.1. The topological polar surface area (TPSA) is 29.5 Å². The SMILES string of the molecule is COC(C)(C)C#CCC(O)CBr. The van der Waals surface area contributed by atoms with Crippen LogP contribution in [0, 0.1) is 11.8 Å². The molecule has 70 valence electrons. The summed E-state index contributed by atoms with van der Waals surface area (Å²) in [6.07, 6.45) is 0.100. The Bertz CT molecular complexity index is 179. The van der Waals surface area contributed by atoms with E-state index in [0.717, 1.165) is 0 Å². The molecular formula is C9H15BrO2. The van der Waals surface area contributed by atoms with Crippen molar-refractivity contribution in [1.29, 1.82) is 0 Å². The van der Waals surface area contributed by atoms with Gasteiger partial charge in [0.05, 0.1) is 6.10 Å². The first-order chi connectivity index (χ1) is 5.52. The van der Waals surface area contributed by atoms with Crippen LogP contribution in [0.5, 0.6) is 0 Å². The molecule has 3 heteroatoms. The van der Waals surface area contributed by atoms with Crippen LogP contribution in [0.4, 0.5) is 0 Å². The molecule has 0 aromatic rings. The maximum atomic E-state index is 9.14. The lowest BCUT2D eigenvalue weighted by molar-refractivity contribution is 0.0740. The van der Waals surface area contributed by atoms with E-state index in [2.05, 4.69) is 27.8 Å². The van der Waals surface area contributed by atoms with Crippen molar-refractivity contribution in [1.82, 2.24) is 0 Å². The van der Waals surface area contributed by atoms with Crippen molar-refractivity contribution >= 4 is 15.9 Å². The molecule has 1 atom stereocenters. The number of hydrogen-bond acceptors (Lipinski definition) is 2. The molecule has 1 N–H and O–H groups in total. The zero-order valence-corrected chi connectivity index (χ0v) is 9.31. The van der Waals surface area contributed by atoms with Crippen LogP contribution in [-0.2, 0) is 4.74 Å². The molecule has 0 aliphatic rings. The third kappa shape index (κ3) is 5.59. The van der Waals surface area contributed by atoms with Gasteiger partial charge < -0.3 is 9.84 Å². The predicted molar refractivity (Wildman–Crippen MR) is 53.3 cm³/mol. The summed E-state index contributed by atoms with van der Waals surface area (Å²) in [7, 11) is 1.62. The molecule has 0 rings (SSSR count). The molecule has 0 heterocycles. The minimum absolute atomic E-state index is 0.384. The van der Waals surface area contributed by atoms with Gasteiger partial charge in [-0.25, -0.2) is 0 Å². The zero-order chi connectivity index (χ0) is 9.61. The van der Waals surface area contributed by atoms with Crippen LogP contribution in [0.3, 0.4) is 0 Å². The Kier molecular flexibility index (Phi) is 5.56. The standard InChI is InChI=1S/C9H15BrO2/c1-9(2,12-3)6-4-5-8(11)7-10/h8,11H,5,7H2,1-3H3. The highest BCUT2D eigenvalue weighted by Crippen LogP contribution is 2.04. The highest BCUT2D eigenvalue weighted by Gasteiger charge is 2.10. The van der Waals surface area contributed by atoms with Crippen LogP contribution in [0.25, 0.3) is 0 Å². The fourth-order valence-electron chi connectivity index (χ4n) is 0.487. The lowest BCUT2D eigenvalue weighted by Gasteiger charge is -2.14. The van der Waals surface area contributed by atoms with Crippen molar-refractivity contribution in [2.24, 2.45) is 0 Å². The molecule has 0 amide bonds. The van der Waals surface area contributed by atoms with E-state index < -0.39 is 5.60 Å². The van der Waals surface area contributed by atoms with E-state index in [0.29, 0.717) is 11.8 Å². The van der Waals surface area contributed by atoms with Crippen molar-refractivity contribution in [3.63, 3.8) is 0 Å². The Morgan fingerprint density at radius 1 is 1.58 bits per heavy atom. The van der Waals surface area contributed by atoms with E-state index in [1.807, 2.05) is 13.8 Å². The van der Waals surface area contributed by atoms with Gasteiger partial charge >= 0.3 is 0 Å². The van der Waals surface area contributed by atoms with Gasteiger partial charge in [0.15, 0.2) is 0 Å². The van der Waals surface area contributed by atoms with Crippen molar-refractivity contribution in [3.8, 4) is 11.8 Å². The molecule has 0 bridgehead atoms. The van der Waals surface area contributed by atoms with Gasteiger partial charge in [-0.15, -0.1) is 0 Å². The van der Waals surface area contributed by atoms with Crippen LogP contribution in [0.2, 0.25) is 0 Å². The largest absolute Gasteiger partial charge is 0.391 e. The van der Waals surface area contributed by atoms with Gasteiger partial charge in [0.2, 0.25) is 0 Å². The van der Waals surface area contributed by atoms with Gasteiger partial charge in [0.25, 0.3) is 0 Å². The fourth-order valence-corrected chi connectivity index (χ4v) is 0.716. The molecular weight excluding hydrogens is 220 g/mol. The third-order valence-corrected chi connectivity index (χ3v) is 2.16. The number of halogens is 1. The normalized spacial score (nSPS) is 13.4. The van der Waals surface area contributed by atoms with Crippen molar-refractivity contribution in [3.05, 3.63) is 0 Å². The molecule has 1 unspecified atom stereocenters. The number of alkyl halides is 1. The summed E-state index contributed by atoms with van der Waals surface area (Å²) in [5, 5.41) is 9.70. The summed E-state index contributed by atoms with van der Waals surface area (Å²) in [5.41, 5.74) is -0.411. The highest BCUT2D eigenvalue weighted by atomic mass is 79.9. The fraction of sp³-hybridized carbons (Fsp3) is 0.778. The molecule has 12 heavy (non-hydrogen) atoms. The number of hydrogen-bond donors (Lipinski definition) is 1. The van der Waals surface area contributed by atoms with E-state index in [1.165, 1.54) is 0 Å². The smallest absolute Gasteiger partial charge is 0.122 e. The molecule has 2 nitrogen and oxygen atoms in total. The maximum Gasteiger partial charge on any atom is 0.122 e. The van der Waals surface area contributed by atoms with Crippen molar-refractivity contribution < 1.29 is 9.84 Å². The number of aliphatic hydroxyl groups is 1. The van der Waals surface area contributed by atoms with Gasteiger partial charge in [-0.05, 0) is 13.8 Å². The van der Waals surface area contributed by atoms with Gasteiger partial charge in [0.1, 0.15) is 5.60 Å². The molecule has 0 aromatic heterocycles. The average molecular weight is 235 g/mol. The van der Waals surface area contributed by atoms with Crippen LogP contribution in [0.1, 0.15) is 20.3 Å². The second kappa shape index (κ2) is 5.58. The minimum atomic E-state index is -0.411. The summed E-state index contributed by atoms with van der Waals surface area (Å²) < 4.78 is 5.09. The first kappa shape index (κ1) is 12.0. The van der Waals surface area contributed by atoms with Crippen molar-refractivity contribution in [2.75, 3.05) is 12.4 Å². The summed E-state index contributed by atoms with van der Waals surface area (Å²) in [5.74, 6) is 5.79. The summed E-state index contributed by atoms with van der Waals surface area (Å²) in [4.78, 5) is 0. The Hall–Kier alpha value is -0.0400. The molecule has 0 saturated heterocycles. The van der Waals surface area contributed by atoms with Gasteiger partial charge in [0, 0.05) is 18.9 Å². The quantitative estimate of drug-likeness (QED) is 0.594. The number of aliphatic hydroxyl groups excluding tert-OH is 1. The second-order valence-corrected chi connectivity index (χ2v) is 3.68. The van der Waals surface area contributed by atoms with E-state index >= 15 is 0 Å². The summed E-state index contributed by atoms with van der Waals surface area (Å²) >= 11 is 3.16. The Balaban J connectivity index is 3.87. The van der Waals surface area contributed by atoms with E-state index in [1.54, 1.807) is 7.11 Å². The summed E-state index contributed by atoms with van der Waals surface area (Å²) in [6.45, 7) is 3.78. The second-order valence-electron chi connectivity index (χ2n) is 3.03.